The smallest absolute Gasteiger partial charge is 0.410 e. The number of nitrogens with zero attached hydrogens (tertiary/aromatic N) is 1. The van der Waals surface area contributed by atoms with Crippen LogP contribution in [0.15, 0.2) is 30.3 Å². The Morgan fingerprint density at radius 3 is 2.32 bits per heavy atom. The number of likely N-dealkylation sites (N-methyl/N-ethyl adjacent to an activating group) is 1. The van der Waals surface area contributed by atoms with Crippen LogP contribution in [0.25, 0.3) is 0 Å². The molecule has 25 heavy (non-hydrogen) atoms. The molecule has 1 rings (SSSR count). The molecule has 0 saturated heterocycles. The van der Waals surface area contributed by atoms with Crippen molar-refractivity contribution >= 4 is 12.1 Å². The van der Waals surface area contributed by atoms with Gasteiger partial charge in [0.2, 0.25) is 0 Å². The first-order valence-electron chi connectivity index (χ1n) is 8.47. The minimum Gasteiger partial charge on any atom is -0.466 e. The summed E-state index contributed by atoms with van der Waals surface area (Å²) >= 11 is 0. The van der Waals surface area contributed by atoms with E-state index >= 15 is 0 Å². The van der Waals surface area contributed by atoms with Crippen molar-refractivity contribution in [3.05, 3.63) is 35.9 Å². The number of carbonyl (C=O) groups is 2. The van der Waals surface area contributed by atoms with Gasteiger partial charge < -0.3 is 19.5 Å². The number of hydrogen-bond donors (Lipinski definition) is 1. The number of aliphatic hydroxyl groups is 1. The molecular formula is C19H29NO5. The van der Waals surface area contributed by atoms with Crippen LogP contribution in [0.1, 0.15) is 39.7 Å². The summed E-state index contributed by atoms with van der Waals surface area (Å²) in [6, 6.07) is 8.88. The molecule has 0 aliphatic heterocycles. The number of hydrogen-bond acceptors (Lipinski definition) is 5. The van der Waals surface area contributed by atoms with Crippen LogP contribution in [-0.4, -0.2) is 53.5 Å². The van der Waals surface area contributed by atoms with Gasteiger partial charge in [0, 0.05) is 7.05 Å². The number of carbonyl (C=O) groups excluding carboxylic acids is 2. The molecule has 1 aromatic carbocycles. The molecular weight excluding hydrogens is 322 g/mol. The van der Waals surface area contributed by atoms with E-state index in [9.17, 15) is 14.7 Å². The lowest BCUT2D eigenvalue weighted by atomic mass is 9.98. The highest BCUT2D eigenvalue weighted by atomic mass is 16.6. The third kappa shape index (κ3) is 7.56. The lowest BCUT2D eigenvalue weighted by Crippen LogP contribution is -2.48. The summed E-state index contributed by atoms with van der Waals surface area (Å²) in [7, 11) is 1.57. The molecule has 6 nitrogen and oxygen atoms in total. The van der Waals surface area contributed by atoms with Crippen molar-refractivity contribution in [3.63, 3.8) is 0 Å². The van der Waals surface area contributed by atoms with Gasteiger partial charge in [-0.3, -0.25) is 4.79 Å². The molecule has 0 radical (unpaired) electrons. The van der Waals surface area contributed by atoms with Crippen LogP contribution in [0.5, 0.6) is 0 Å². The molecule has 1 N–H and O–H groups in total. The van der Waals surface area contributed by atoms with E-state index in [0.29, 0.717) is 6.42 Å². The van der Waals surface area contributed by atoms with Gasteiger partial charge in [-0.1, -0.05) is 30.3 Å². The number of ether oxygens (including phenoxy) is 2. The molecule has 1 amide bonds. The summed E-state index contributed by atoms with van der Waals surface area (Å²) in [5.41, 5.74) is 0.306. The number of amides is 1. The number of esters is 1. The molecule has 0 spiro atoms. The zero-order valence-corrected chi connectivity index (χ0v) is 15.7. The molecule has 0 fully saturated rings. The summed E-state index contributed by atoms with van der Waals surface area (Å²) < 4.78 is 10.3. The van der Waals surface area contributed by atoms with Gasteiger partial charge in [0.25, 0.3) is 0 Å². The van der Waals surface area contributed by atoms with Crippen molar-refractivity contribution in [2.24, 2.45) is 0 Å². The Bertz CT molecular complexity index is 553. The minimum atomic E-state index is -1.06. The first-order valence-corrected chi connectivity index (χ1v) is 8.47. The van der Waals surface area contributed by atoms with Gasteiger partial charge in [-0.15, -0.1) is 0 Å². The Hall–Kier alpha value is -2.08. The van der Waals surface area contributed by atoms with Crippen LogP contribution in [0.3, 0.4) is 0 Å². The maximum Gasteiger partial charge on any atom is 0.410 e. The zero-order valence-electron chi connectivity index (χ0n) is 15.7. The third-order valence-corrected chi connectivity index (χ3v) is 3.59. The second-order valence-electron chi connectivity index (χ2n) is 6.92. The van der Waals surface area contributed by atoms with Crippen molar-refractivity contribution < 1.29 is 24.2 Å². The monoisotopic (exact) mass is 351 g/mol. The standard InChI is InChI=1S/C19H29NO5/c1-6-24-17(22)13-16(21)15(12-14-10-8-7-9-11-14)20(5)18(23)25-19(2,3)4/h7-11,15-16,21H,6,12-13H2,1-5H3/t15-,16-/m0/s1. The maximum atomic E-state index is 12.4. The number of benzene rings is 1. The Morgan fingerprint density at radius 2 is 1.80 bits per heavy atom. The molecule has 0 unspecified atom stereocenters. The highest BCUT2D eigenvalue weighted by Crippen LogP contribution is 2.18. The van der Waals surface area contributed by atoms with E-state index in [1.54, 1.807) is 34.7 Å². The van der Waals surface area contributed by atoms with Gasteiger partial charge in [-0.2, -0.15) is 0 Å². The molecule has 2 atom stereocenters. The van der Waals surface area contributed by atoms with E-state index < -0.39 is 29.8 Å². The van der Waals surface area contributed by atoms with Crippen LogP contribution in [0, 0.1) is 0 Å². The van der Waals surface area contributed by atoms with Gasteiger partial charge in [0.1, 0.15) is 5.60 Å². The van der Waals surface area contributed by atoms with Crippen LogP contribution in [0.2, 0.25) is 0 Å². The van der Waals surface area contributed by atoms with Gasteiger partial charge in [-0.05, 0) is 39.7 Å². The normalized spacial score (nSPS) is 13.7. The van der Waals surface area contributed by atoms with Crippen LogP contribution >= 0.6 is 0 Å². The van der Waals surface area contributed by atoms with Crippen LogP contribution in [-0.2, 0) is 20.7 Å². The largest absolute Gasteiger partial charge is 0.466 e. The fourth-order valence-corrected chi connectivity index (χ4v) is 2.38. The first kappa shape index (κ1) is 21.0. The first-order chi connectivity index (χ1) is 11.6. The Labute approximate surface area is 149 Å². The number of aliphatic hydroxyl groups excluding tert-OH is 1. The van der Waals surface area contributed by atoms with Gasteiger partial charge >= 0.3 is 12.1 Å². The van der Waals surface area contributed by atoms with Crippen molar-refractivity contribution in [2.45, 2.75) is 58.3 Å². The van der Waals surface area contributed by atoms with E-state index in [1.165, 1.54) is 4.90 Å². The van der Waals surface area contributed by atoms with Crippen molar-refractivity contribution in [2.75, 3.05) is 13.7 Å². The van der Waals surface area contributed by atoms with Gasteiger partial charge in [0.15, 0.2) is 0 Å². The quantitative estimate of drug-likeness (QED) is 0.765. The second kappa shape index (κ2) is 9.42. The molecule has 0 saturated carbocycles. The number of rotatable bonds is 7. The SMILES string of the molecule is CCOC(=O)C[C@H](O)[C@H](Cc1ccccc1)N(C)C(=O)OC(C)(C)C. The van der Waals surface area contributed by atoms with Gasteiger partial charge in [-0.25, -0.2) is 4.79 Å². The van der Waals surface area contributed by atoms with E-state index in [1.807, 2.05) is 30.3 Å². The lowest BCUT2D eigenvalue weighted by molar-refractivity contribution is -0.146. The fraction of sp³-hybridized carbons (Fsp3) is 0.579. The van der Waals surface area contributed by atoms with E-state index in [4.69, 9.17) is 9.47 Å². The predicted molar refractivity (Wildman–Crippen MR) is 95.2 cm³/mol. The molecule has 0 aliphatic carbocycles. The van der Waals surface area contributed by atoms with Crippen molar-refractivity contribution in [1.82, 2.24) is 4.90 Å². The van der Waals surface area contributed by atoms with Crippen LogP contribution in [0.4, 0.5) is 4.79 Å². The predicted octanol–water partition coefficient (Wildman–Crippen LogP) is 2.78. The average Bonchev–Trinajstić information content (AvgIpc) is 2.51. The highest BCUT2D eigenvalue weighted by molar-refractivity contribution is 5.71. The molecule has 0 aromatic heterocycles. The highest BCUT2D eigenvalue weighted by Gasteiger charge is 2.31. The Balaban J connectivity index is 2.93. The minimum absolute atomic E-state index is 0.182. The second-order valence-corrected chi connectivity index (χ2v) is 6.92. The van der Waals surface area contributed by atoms with Gasteiger partial charge in [0.05, 0.1) is 25.2 Å². The molecule has 6 heteroatoms. The fourth-order valence-electron chi connectivity index (χ4n) is 2.38. The Morgan fingerprint density at radius 1 is 1.20 bits per heavy atom. The maximum absolute atomic E-state index is 12.4. The molecule has 140 valence electrons. The summed E-state index contributed by atoms with van der Waals surface area (Å²) in [6.07, 6.45) is -1.39. The summed E-state index contributed by atoms with van der Waals surface area (Å²) in [5, 5.41) is 10.5. The summed E-state index contributed by atoms with van der Waals surface area (Å²) in [4.78, 5) is 25.4. The van der Waals surface area contributed by atoms with E-state index in [0.717, 1.165) is 5.56 Å². The average molecular weight is 351 g/mol. The molecule has 0 heterocycles. The molecule has 1 aromatic rings. The molecule has 0 aliphatic rings. The van der Waals surface area contributed by atoms with E-state index in [2.05, 4.69) is 0 Å². The lowest BCUT2D eigenvalue weighted by Gasteiger charge is -2.33. The van der Waals surface area contributed by atoms with E-state index in [-0.39, 0.29) is 13.0 Å². The van der Waals surface area contributed by atoms with Crippen LogP contribution < -0.4 is 0 Å². The summed E-state index contributed by atoms with van der Waals surface area (Å²) in [6.45, 7) is 7.29. The zero-order chi connectivity index (χ0) is 19.0. The topological polar surface area (TPSA) is 76.1 Å². The third-order valence-electron chi connectivity index (χ3n) is 3.59. The summed E-state index contributed by atoms with van der Waals surface area (Å²) in [5.74, 6) is -0.495. The molecule has 0 bridgehead atoms. The Kier molecular flexibility index (Phi) is 7.90. The van der Waals surface area contributed by atoms with Crippen molar-refractivity contribution in [1.29, 1.82) is 0 Å². The van der Waals surface area contributed by atoms with Crippen molar-refractivity contribution in [3.8, 4) is 0 Å².